The maximum atomic E-state index is 4.67. The molecule has 0 spiro atoms. The molecule has 170 valence electrons. The Kier molecular flexibility index (Phi) is 7.16. The number of rotatable bonds is 7. The van der Waals surface area contributed by atoms with E-state index in [9.17, 15) is 0 Å². The van der Waals surface area contributed by atoms with Gasteiger partial charge in [0.05, 0.1) is 0 Å². The lowest BCUT2D eigenvalue weighted by Gasteiger charge is -2.62. The van der Waals surface area contributed by atoms with Gasteiger partial charge in [-0.05, 0) is 119 Å². The van der Waals surface area contributed by atoms with Crippen LogP contribution in [0.25, 0.3) is 0 Å². The predicted molar refractivity (Wildman–Crippen MR) is 134 cm³/mol. The van der Waals surface area contributed by atoms with Crippen LogP contribution in [0.15, 0.2) is 35.5 Å². The molecule has 3 aliphatic rings. The van der Waals surface area contributed by atoms with Crippen molar-refractivity contribution in [2.75, 3.05) is 0 Å². The molecule has 0 N–H and O–H groups in total. The third-order valence-electron chi connectivity index (χ3n) is 9.92. The molecule has 0 unspecified atom stereocenters. The summed E-state index contributed by atoms with van der Waals surface area (Å²) in [6, 6.07) is 0. The third-order valence-corrected chi connectivity index (χ3v) is 9.92. The molecule has 3 rings (SSSR count). The highest BCUT2D eigenvalue weighted by molar-refractivity contribution is 5.18. The molecule has 3 fully saturated rings. The zero-order valence-corrected chi connectivity index (χ0v) is 21.4. The van der Waals surface area contributed by atoms with E-state index in [2.05, 4.69) is 67.2 Å². The molecular weight excluding hydrogens is 360 g/mol. The molecule has 0 aromatic rings. The van der Waals surface area contributed by atoms with Crippen LogP contribution in [-0.4, -0.2) is 0 Å². The van der Waals surface area contributed by atoms with Crippen LogP contribution in [0.4, 0.5) is 0 Å². The molecule has 0 bridgehead atoms. The van der Waals surface area contributed by atoms with E-state index in [1.165, 1.54) is 76.2 Å². The maximum absolute atomic E-state index is 4.67. The van der Waals surface area contributed by atoms with Gasteiger partial charge in [0, 0.05) is 0 Å². The zero-order valence-electron chi connectivity index (χ0n) is 21.4. The molecular formula is C30H50. The highest BCUT2D eigenvalue weighted by Gasteiger charge is 2.62. The van der Waals surface area contributed by atoms with Gasteiger partial charge in [-0.15, -0.1) is 0 Å². The van der Waals surface area contributed by atoms with E-state index >= 15 is 0 Å². The fourth-order valence-electron chi connectivity index (χ4n) is 8.47. The van der Waals surface area contributed by atoms with Crippen molar-refractivity contribution in [3.63, 3.8) is 0 Å². The largest absolute Gasteiger partial charge is 0.0995 e. The van der Waals surface area contributed by atoms with Crippen LogP contribution < -0.4 is 0 Å². The normalized spacial score (nSPS) is 38.0. The van der Waals surface area contributed by atoms with E-state index in [0.717, 1.165) is 17.8 Å². The van der Waals surface area contributed by atoms with Crippen molar-refractivity contribution in [3.05, 3.63) is 35.5 Å². The van der Waals surface area contributed by atoms with Gasteiger partial charge in [0.25, 0.3) is 0 Å². The molecule has 0 radical (unpaired) electrons. The number of hydrogen-bond donors (Lipinski definition) is 0. The van der Waals surface area contributed by atoms with Crippen LogP contribution in [0.2, 0.25) is 0 Å². The van der Waals surface area contributed by atoms with E-state index < -0.39 is 0 Å². The first-order valence-corrected chi connectivity index (χ1v) is 13.0. The van der Waals surface area contributed by atoms with Gasteiger partial charge in [0.15, 0.2) is 0 Å². The van der Waals surface area contributed by atoms with Gasteiger partial charge in [-0.2, -0.15) is 0 Å². The fourth-order valence-corrected chi connectivity index (χ4v) is 8.47. The summed E-state index contributed by atoms with van der Waals surface area (Å²) in [7, 11) is 0. The molecule has 0 heteroatoms. The Morgan fingerprint density at radius 2 is 1.50 bits per heavy atom. The highest BCUT2D eigenvalue weighted by atomic mass is 14.7. The molecule has 0 saturated heterocycles. The molecule has 0 nitrogen and oxygen atoms in total. The first-order valence-electron chi connectivity index (χ1n) is 13.0. The van der Waals surface area contributed by atoms with E-state index in [1.54, 1.807) is 11.1 Å². The monoisotopic (exact) mass is 410 g/mol. The van der Waals surface area contributed by atoms with Crippen molar-refractivity contribution in [1.29, 1.82) is 0 Å². The second-order valence-corrected chi connectivity index (χ2v) is 12.7. The summed E-state index contributed by atoms with van der Waals surface area (Å²) in [4.78, 5) is 0. The maximum Gasteiger partial charge on any atom is -0.0149 e. The summed E-state index contributed by atoms with van der Waals surface area (Å²) >= 11 is 0. The lowest BCUT2D eigenvalue weighted by atomic mass is 9.43. The second kappa shape index (κ2) is 8.99. The van der Waals surface area contributed by atoms with Gasteiger partial charge in [-0.1, -0.05) is 69.6 Å². The molecule has 30 heavy (non-hydrogen) atoms. The van der Waals surface area contributed by atoms with Gasteiger partial charge in [0.2, 0.25) is 0 Å². The number of hydrogen-bond acceptors (Lipinski definition) is 0. The molecule has 0 aliphatic heterocycles. The summed E-state index contributed by atoms with van der Waals surface area (Å²) in [5.41, 5.74) is 6.14. The Bertz CT molecular complexity index is 685. The van der Waals surface area contributed by atoms with Crippen LogP contribution in [0.5, 0.6) is 0 Å². The average molecular weight is 411 g/mol. The van der Waals surface area contributed by atoms with Gasteiger partial charge >= 0.3 is 0 Å². The van der Waals surface area contributed by atoms with Crippen LogP contribution in [0.3, 0.4) is 0 Å². The van der Waals surface area contributed by atoms with E-state index in [0.29, 0.717) is 16.2 Å². The minimum Gasteiger partial charge on any atom is -0.0995 e. The first-order chi connectivity index (χ1) is 14.0. The SMILES string of the molecule is C=C(CC/C=C(\C)CCC=C(C)C)[C@H]1CC[C@@H]2[C@@]1(C)CC[C@@H]1C(C)(C)CCC[C@]21C. The molecule has 0 heterocycles. The second-order valence-electron chi connectivity index (χ2n) is 12.7. The Morgan fingerprint density at radius 1 is 0.800 bits per heavy atom. The molecule has 3 saturated carbocycles. The van der Waals surface area contributed by atoms with Crippen LogP contribution in [0, 0.1) is 34.0 Å². The minimum atomic E-state index is 0.498. The van der Waals surface area contributed by atoms with Gasteiger partial charge in [0.1, 0.15) is 0 Å². The Hall–Kier alpha value is -0.780. The lowest BCUT2D eigenvalue weighted by Crippen LogP contribution is -2.54. The number of allylic oxidation sites excluding steroid dienone is 5. The minimum absolute atomic E-state index is 0.498. The number of fused-ring (bicyclic) bond motifs is 3. The molecule has 5 atom stereocenters. The predicted octanol–water partition coefficient (Wildman–Crippen LogP) is 9.67. The van der Waals surface area contributed by atoms with E-state index in [1.807, 2.05) is 0 Å². The zero-order chi connectivity index (χ0) is 22.2. The quantitative estimate of drug-likeness (QED) is 0.366. The summed E-state index contributed by atoms with van der Waals surface area (Å²) < 4.78 is 0. The van der Waals surface area contributed by atoms with Crippen molar-refractivity contribution in [2.24, 2.45) is 34.0 Å². The smallest absolute Gasteiger partial charge is 0.0149 e. The Labute approximate surface area is 188 Å². The lowest BCUT2D eigenvalue weighted by molar-refractivity contribution is -0.123. The van der Waals surface area contributed by atoms with E-state index in [-0.39, 0.29) is 0 Å². The van der Waals surface area contributed by atoms with Gasteiger partial charge < -0.3 is 0 Å². The molecule has 0 amide bonds. The van der Waals surface area contributed by atoms with Crippen LogP contribution in [-0.2, 0) is 0 Å². The topological polar surface area (TPSA) is 0 Å². The van der Waals surface area contributed by atoms with E-state index in [4.69, 9.17) is 0 Å². The summed E-state index contributed by atoms with van der Waals surface area (Å²) in [5.74, 6) is 2.59. The van der Waals surface area contributed by atoms with Crippen molar-refractivity contribution in [2.45, 2.75) is 119 Å². The van der Waals surface area contributed by atoms with Crippen molar-refractivity contribution in [1.82, 2.24) is 0 Å². The van der Waals surface area contributed by atoms with Gasteiger partial charge in [-0.3, -0.25) is 0 Å². The first kappa shape index (κ1) is 23.9. The fraction of sp³-hybridized carbons (Fsp3) is 0.800. The molecule has 0 aromatic carbocycles. The van der Waals surface area contributed by atoms with Gasteiger partial charge in [-0.25, -0.2) is 0 Å². The Morgan fingerprint density at radius 3 is 2.20 bits per heavy atom. The third kappa shape index (κ3) is 4.54. The summed E-state index contributed by atoms with van der Waals surface area (Å²) in [6.45, 7) is 21.8. The van der Waals surface area contributed by atoms with Crippen molar-refractivity contribution >= 4 is 0 Å². The van der Waals surface area contributed by atoms with Crippen LogP contribution >= 0.6 is 0 Å². The summed E-state index contributed by atoms with van der Waals surface area (Å²) in [5, 5.41) is 0. The average Bonchev–Trinajstić information content (AvgIpc) is 2.99. The molecule has 3 aliphatic carbocycles. The van der Waals surface area contributed by atoms with Crippen molar-refractivity contribution < 1.29 is 0 Å². The summed E-state index contributed by atoms with van der Waals surface area (Å²) in [6.07, 6.45) is 19.7. The highest BCUT2D eigenvalue weighted by Crippen LogP contribution is 2.70. The van der Waals surface area contributed by atoms with Crippen LogP contribution in [0.1, 0.15) is 119 Å². The standard InChI is InChI=1S/C30H50/c1-22(2)12-9-13-23(3)14-10-15-24(4)25-16-17-27-29(25,7)21-18-26-28(5,6)19-11-20-30(26,27)8/h12,14,25-27H,4,9-11,13,15-21H2,1-3,5-8H3/b23-14+/t25-,26-,27-,29+,30+/m1/s1. The molecule has 0 aromatic heterocycles. The van der Waals surface area contributed by atoms with Crippen molar-refractivity contribution in [3.8, 4) is 0 Å². The Balaban J connectivity index is 1.62.